The van der Waals surface area contributed by atoms with Crippen LogP contribution in [0.5, 0.6) is 0 Å². The van der Waals surface area contributed by atoms with E-state index in [2.05, 4.69) is 15.9 Å². The second-order valence-electron chi connectivity index (χ2n) is 3.40. The molecule has 0 saturated carbocycles. The quantitative estimate of drug-likeness (QED) is 0.176. The zero-order valence-electron chi connectivity index (χ0n) is 8.33. The number of nitrogens with zero attached hydrogens (tertiary/aromatic N) is 3. The third-order valence-corrected chi connectivity index (χ3v) is 2.63. The van der Waals surface area contributed by atoms with Crippen molar-refractivity contribution in [2.45, 2.75) is 23.4 Å². The van der Waals surface area contributed by atoms with Crippen LogP contribution in [0.1, 0.15) is 0 Å². The number of aliphatic hydroxyl groups excluding tert-OH is 2. The highest BCUT2D eigenvalue weighted by Crippen LogP contribution is 2.38. The van der Waals surface area contributed by atoms with Crippen LogP contribution in [0.15, 0.2) is 5.11 Å². The van der Waals surface area contributed by atoms with Crippen LogP contribution in [-0.2, 0) is 4.74 Å². The lowest BCUT2D eigenvalue weighted by Gasteiger charge is -2.27. The molecule has 0 aromatic carbocycles. The Labute approximate surface area is 97.0 Å². The first kappa shape index (κ1) is 13.1. The van der Waals surface area contributed by atoms with Crippen molar-refractivity contribution in [1.29, 1.82) is 0 Å². The molecule has 9 heteroatoms. The summed E-state index contributed by atoms with van der Waals surface area (Å²) in [5, 5.41) is 34.0. The Morgan fingerprint density at radius 3 is 2.75 bits per heavy atom. The highest BCUT2D eigenvalue weighted by Gasteiger charge is 2.60. The van der Waals surface area contributed by atoms with Crippen molar-refractivity contribution in [3.8, 4) is 11.3 Å². The van der Waals surface area contributed by atoms with Gasteiger partial charge < -0.3 is 20.1 Å². The van der Waals surface area contributed by atoms with Crippen molar-refractivity contribution in [2.75, 3.05) is 6.61 Å². The number of hydrogen-bond donors (Lipinski definition) is 3. The van der Waals surface area contributed by atoms with Crippen LogP contribution in [-0.4, -0.2) is 53.2 Å². The summed E-state index contributed by atoms with van der Waals surface area (Å²) in [7, 11) is 1.41. The monoisotopic (exact) mass is 245 g/mol. The number of rotatable bonds is 2. The van der Waals surface area contributed by atoms with E-state index in [1.165, 1.54) is 7.85 Å². The van der Waals surface area contributed by atoms with E-state index in [4.69, 9.17) is 27.0 Å². The molecule has 0 aliphatic carbocycles. The third-order valence-electron chi connectivity index (χ3n) is 2.53. The maximum absolute atomic E-state index is 9.99. The summed E-state index contributed by atoms with van der Waals surface area (Å²) in [6, 6.07) is -0.966. The number of azide groups is 1. The molecule has 0 spiro atoms. The first-order chi connectivity index (χ1) is 7.46. The van der Waals surface area contributed by atoms with Gasteiger partial charge in [0.1, 0.15) is 14.0 Å². The summed E-state index contributed by atoms with van der Waals surface area (Å²) in [6.45, 7) is -0.783. The van der Waals surface area contributed by atoms with Crippen molar-refractivity contribution in [1.82, 2.24) is 0 Å². The normalized spacial score (nSPS) is 42.0. The lowest BCUT2D eigenvalue weighted by Crippen LogP contribution is -2.51. The van der Waals surface area contributed by atoms with Crippen molar-refractivity contribution in [3.05, 3.63) is 10.4 Å². The summed E-state index contributed by atoms with van der Waals surface area (Å²) in [5.41, 5.74) is 4.41. The SMILES string of the molecule is BC1O[C@@](CO)(N=[N+]=[N-])C(O)C1(O)C#CCl. The van der Waals surface area contributed by atoms with Crippen molar-refractivity contribution in [3.63, 3.8) is 0 Å². The predicted molar refractivity (Wildman–Crippen MR) is 57.0 cm³/mol. The minimum absolute atomic E-state index is 0.783. The van der Waals surface area contributed by atoms with Gasteiger partial charge in [-0.05, 0) is 23.1 Å². The lowest BCUT2D eigenvalue weighted by molar-refractivity contribution is -0.0976. The van der Waals surface area contributed by atoms with Crippen molar-refractivity contribution >= 4 is 19.4 Å². The molecule has 0 aromatic heterocycles. The fourth-order valence-electron chi connectivity index (χ4n) is 1.58. The van der Waals surface area contributed by atoms with Gasteiger partial charge in [0, 0.05) is 10.3 Å². The summed E-state index contributed by atoms with van der Waals surface area (Å²) in [4.78, 5) is 2.46. The molecule has 0 aromatic rings. The van der Waals surface area contributed by atoms with Crippen molar-refractivity contribution in [2.24, 2.45) is 5.11 Å². The van der Waals surface area contributed by atoms with Gasteiger partial charge in [0.05, 0.1) is 12.6 Å². The smallest absolute Gasteiger partial charge is 0.199 e. The zero-order valence-corrected chi connectivity index (χ0v) is 9.09. The molecule has 0 bridgehead atoms. The molecule has 0 amide bonds. The average molecular weight is 245 g/mol. The third kappa shape index (κ3) is 1.74. The minimum atomic E-state index is -1.99. The van der Waals surface area contributed by atoms with Gasteiger partial charge in [0.15, 0.2) is 11.3 Å². The van der Waals surface area contributed by atoms with E-state index in [-0.39, 0.29) is 0 Å². The van der Waals surface area contributed by atoms with Crippen LogP contribution in [0.3, 0.4) is 0 Å². The Morgan fingerprint density at radius 2 is 2.31 bits per heavy atom. The number of halogens is 1. The molecule has 1 rings (SSSR count). The predicted octanol–water partition coefficient (Wildman–Crippen LogP) is -1.73. The lowest BCUT2D eigenvalue weighted by atomic mass is 9.80. The van der Waals surface area contributed by atoms with Gasteiger partial charge in [-0.3, -0.25) is 0 Å². The van der Waals surface area contributed by atoms with E-state index in [1.54, 1.807) is 0 Å². The molecule has 86 valence electrons. The maximum Gasteiger partial charge on any atom is 0.199 e. The molecule has 1 aliphatic rings. The fourth-order valence-corrected chi connectivity index (χ4v) is 1.73. The van der Waals surface area contributed by atoms with Gasteiger partial charge in [-0.2, -0.15) is 0 Å². The van der Waals surface area contributed by atoms with Crippen LogP contribution >= 0.6 is 11.6 Å². The van der Waals surface area contributed by atoms with Gasteiger partial charge in [0.25, 0.3) is 0 Å². The Bertz CT molecular complexity index is 393. The van der Waals surface area contributed by atoms with Gasteiger partial charge in [0.2, 0.25) is 0 Å². The minimum Gasteiger partial charge on any atom is -0.393 e. The Kier molecular flexibility index (Phi) is 3.70. The van der Waals surface area contributed by atoms with Crippen LogP contribution in [0.2, 0.25) is 0 Å². The van der Waals surface area contributed by atoms with Crippen molar-refractivity contribution < 1.29 is 20.1 Å². The van der Waals surface area contributed by atoms with Crippen LogP contribution in [0, 0.1) is 11.3 Å². The molecule has 1 saturated heterocycles. The summed E-state index contributed by atoms with van der Waals surface area (Å²) < 4.78 is 5.09. The van der Waals surface area contributed by atoms with E-state index in [0.29, 0.717) is 0 Å². The largest absolute Gasteiger partial charge is 0.393 e. The summed E-state index contributed by atoms with van der Waals surface area (Å²) in [5.74, 6) is 2.17. The second kappa shape index (κ2) is 4.51. The molecule has 3 N–H and O–H groups in total. The molecule has 1 aliphatic heterocycles. The number of ether oxygens (including phenoxy) is 1. The highest BCUT2D eigenvalue weighted by atomic mass is 35.5. The second-order valence-corrected chi connectivity index (χ2v) is 3.59. The number of hydrogen-bond acceptors (Lipinski definition) is 5. The molecule has 3 unspecified atom stereocenters. The standard InChI is InChI=1S/C7H9BClN3O4/c8-5-6(15,1-2-9)4(14)7(3-13,16-5)11-12-10/h4-5,13-15H,3,8H2/t4?,5?,6?,7-/m1/s1. The summed E-state index contributed by atoms with van der Waals surface area (Å²) in [6.07, 6.45) is -1.69. The Hall–Kier alpha value is -0.935. The van der Waals surface area contributed by atoms with Gasteiger partial charge in [-0.15, -0.1) is 0 Å². The van der Waals surface area contributed by atoms with Crippen LogP contribution < -0.4 is 0 Å². The fraction of sp³-hybridized carbons (Fsp3) is 0.714. The van der Waals surface area contributed by atoms with Crippen LogP contribution in [0.25, 0.3) is 10.4 Å². The first-order valence-corrected chi connectivity index (χ1v) is 4.73. The maximum atomic E-state index is 9.99. The van der Waals surface area contributed by atoms with E-state index >= 15 is 0 Å². The molecular weight excluding hydrogens is 236 g/mol. The van der Waals surface area contributed by atoms with Gasteiger partial charge in [-0.1, -0.05) is 5.11 Å². The topological polar surface area (TPSA) is 119 Å². The van der Waals surface area contributed by atoms with E-state index in [1.807, 2.05) is 5.38 Å². The molecule has 0 radical (unpaired) electrons. The molecular formula is C7H9BClN3O4. The van der Waals surface area contributed by atoms with Gasteiger partial charge in [-0.25, -0.2) is 0 Å². The Balaban J connectivity index is 3.22. The van der Waals surface area contributed by atoms with E-state index in [9.17, 15) is 10.2 Å². The molecule has 16 heavy (non-hydrogen) atoms. The average Bonchev–Trinajstić information content (AvgIpc) is 2.43. The zero-order chi connectivity index (χ0) is 12.4. The van der Waals surface area contributed by atoms with E-state index < -0.39 is 30.0 Å². The molecule has 1 fully saturated rings. The van der Waals surface area contributed by atoms with E-state index in [0.717, 1.165) is 0 Å². The van der Waals surface area contributed by atoms with Crippen LogP contribution in [0.4, 0.5) is 0 Å². The first-order valence-electron chi connectivity index (χ1n) is 4.35. The number of aliphatic hydroxyl groups is 3. The Morgan fingerprint density at radius 1 is 1.69 bits per heavy atom. The highest BCUT2D eigenvalue weighted by molar-refractivity contribution is 6.30. The summed E-state index contributed by atoms with van der Waals surface area (Å²) >= 11 is 5.16. The molecule has 7 nitrogen and oxygen atoms in total. The molecule has 1 heterocycles. The van der Waals surface area contributed by atoms with Gasteiger partial charge >= 0.3 is 0 Å². The molecule has 4 atom stereocenters.